The number of benzene rings is 1. The van der Waals surface area contributed by atoms with Crippen molar-refractivity contribution in [1.29, 1.82) is 0 Å². The Kier molecular flexibility index (Phi) is 4.31. The standard InChI is InChI=1S/C12H11ClF3NO2/c13-5-8-6-17(1-2-19-8)12(18)11-9(15)3-7(14)4-10(11)16/h3-4,8H,1-2,5-6H2. The predicted molar refractivity (Wildman–Crippen MR) is 62.7 cm³/mol. The average Bonchev–Trinajstić information content (AvgIpc) is 2.37. The zero-order valence-electron chi connectivity index (χ0n) is 9.84. The molecule has 1 fully saturated rings. The van der Waals surface area contributed by atoms with Gasteiger partial charge in [0, 0.05) is 25.2 Å². The number of carbonyl (C=O) groups excluding carboxylic acids is 1. The van der Waals surface area contributed by atoms with Crippen LogP contribution in [0.5, 0.6) is 0 Å². The number of carbonyl (C=O) groups is 1. The Labute approximate surface area is 112 Å². The van der Waals surface area contributed by atoms with E-state index < -0.39 is 28.9 Å². The summed E-state index contributed by atoms with van der Waals surface area (Å²) in [6, 6.07) is 0.964. The van der Waals surface area contributed by atoms with Crippen LogP contribution in [0.25, 0.3) is 0 Å². The molecule has 0 saturated carbocycles. The highest BCUT2D eigenvalue weighted by Gasteiger charge is 2.28. The van der Waals surface area contributed by atoms with E-state index in [1.165, 1.54) is 4.90 Å². The molecule has 1 amide bonds. The Morgan fingerprint density at radius 2 is 2.00 bits per heavy atom. The van der Waals surface area contributed by atoms with Crippen molar-refractivity contribution in [2.75, 3.05) is 25.6 Å². The van der Waals surface area contributed by atoms with Crippen LogP contribution >= 0.6 is 11.6 Å². The fourth-order valence-electron chi connectivity index (χ4n) is 1.90. The average molecular weight is 294 g/mol. The Hall–Kier alpha value is -1.27. The molecule has 104 valence electrons. The molecule has 0 bridgehead atoms. The van der Waals surface area contributed by atoms with E-state index in [4.69, 9.17) is 16.3 Å². The van der Waals surface area contributed by atoms with Gasteiger partial charge in [-0.2, -0.15) is 0 Å². The molecule has 3 nitrogen and oxygen atoms in total. The highest BCUT2D eigenvalue weighted by atomic mass is 35.5. The molecule has 1 aromatic carbocycles. The lowest BCUT2D eigenvalue weighted by atomic mass is 10.1. The van der Waals surface area contributed by atoms with E-state index >= 15 is 0 Å². The van der Waals surface area contributed by atoms with Gasteiger partial charge in [-0.1, -0.05) is 0 Å². The molecule has 1 saturated heterocycles. The van der Waals surface area contributed by atoms with Gasteiger partial charge in [0.25, 0.3) is 5.91 Å². The Morgan fingerprint density at radius 1 is 1.37 bits per heavy atom. The molecular weight excluding hydrogens is 283 g/mol. The maximum Gasteiger partial charge on any atom is 0.260 e. The van der Waals surface area contributed by atoms with Crippen LogP contribution in [0.4, 0.5) is 13.2 Å². The van der Waals surface area contributed by atoms with Crippen LogP contribution in [-0.2, 0) is 4.74 Å². The van der Waals surface area contributed by atoms with Gasteiger partial charge in [-0.25, -0.2) is 13.2 Å². The number of hydrogen-bond donors (Lipinski definition) is 0. The van der Waals surface area contributed by atoms with Crippen LogP contribution < -0.4 is 0 Å². The van der Waals surface area contributed by atoms with Gasteiger partial charge in [-0.15, -0.1) is 11.6 Å². The lowest BCUT2D eigenvalue weighted by Gasteiger charge is -2.32. The summed E-state index contributed by atoms with van der Waals surface area (Å²) in [7, 11) is 0. The van der Waals surface area contributed by atoms with Gasteiger partial charge in [0.15, 0.2) is 0 Å². The second kappa shape index (κ2) is 5.79. The molecule has 1 aromatic rings. The highest BCUT2D eigenvalue weighted by molar-refractivity contribution is 6.18. The van der Waals surface area contributed by atoms with E-state index in [2.05, 4.69) is 0 Å². The van der Waals surface area contributed by atoms with Gasteiger partial charge < -0.3 is 9.64 Å². The fourth-order valence-corrected chi connectivity index (χ4v) is 2.09. The summed E-state index contributed by atoms with van der Waals surface area (Å²) in [5.41, 5.74) is -0.753. The summed E-state index contributed by atoms with van der Waals surface area (Å²) >= 11 is 5.62. The lowest BCUT2D eigenvalue weighted by molar-refractivity contribution is -0.0111. The smallest absolute Gasteiger partial charge is 0.260 e. The molecule has 7 heteroatoms. The number of halogens is 4. The monoisotopic (exact) mass is 293 g/mol. The van der Waals surface area contributed by atoms with E-state index in [-0.39, 0.29) is 31.7 Å². The molecule has 1 unspecified atom stereocenters. The van der Waals surface area contributed by atoms with Crippen molar-refractivity contribution < 1.29 is 22.7 Å². The summed E-state index contributed by atoms with van der Waals surface area (Å²) in [6.45, 7) is 0.606. The molecule has 2 rings (SSSR count). The van der Waals surface area contributed by atoms with Gasteiger partial charge in [-0.05, 0) is 0 Å². The molecule has 0 spiro atoms. The minimum atomic E-state index is -1.21. The molecule has 19 heavy (non-hydrogen) atoms. The number of alkyl halides is 1. The minimum absolute atomic E-state index is 0.151. The normalized spacial score (nSPS) is 19.6. The summed E-state index contributed by atoms with van der Waals surface area (Å²) in [5, 5.41) is 0. The van der Waals surface area contributed by atoms with E-state index in [0.717, 1.165) is 0 Å². The quantitative estimate of drug-likeness (QED) is 0.782. The maximum atomic E-state index is 13.5. The molecule has 1 aliphatic rings. The van der Waals surface area contributed by atoms with Crippen molar-refractivity contribution in [3.8, 4) is 0 Å². The zero-order valence-corrected chi connectivity index (χ0v) is 10.6. The third-order valence-electron chi connectivity index (χ3n) is 2.82. The van der Waals surface area contributed by atoms with Gasteiger partial charge in [0.1, 0.15) is 23.0 Å². The van der Waals surface area contributed by atoms with Crippen molar-refractivity contribution in [1.82, 2.24) is 4.90 Å². The van der Waals surface area contributed by atoms with Crippen molar-refractivity contribution in [2.45, 2.75) is 6.10 Å². The predicted octanol–water partition coefficient (Wildman–Crippen LogP) is 2.18. The van der Waals surface area contributed by atoms with E-state index in [1.54, 1.807) is 0 Å². The second-order valence-electron chi connectivity index (χ2n) is 4.14. The maximum absolute atomic E-state index is 13.5. The number of rotatable bonds is 2. The molecule has 0 aromatic heterocycles. The number of hydrogen-bond acceptors (Lipinski definition) is 2. The summed E-state index contributed by atoms with van der Waals surface area (Å²) in [6.07, 6.45) is -0.370. The number of amides is 1. The highest BCUT2D eigenvalue weighted by Crippen LogP contribution is 2.18. The number of nitrogens with zero attached hydrogens (tertiary/aromatic N) is 1. The molecular formula is C12H11ClF3NO2. The summed E-state index contributed by atoms with van der Waals surface area (Å²) in [5.74, 6) is -4.13. The zero-order chi connectivity index (χ0) is 14.0. The Morgan fingerprint density at radius 3 is 2.58 bits per heavy atom. The van der Waals surface area contributed by atoms with Crippen LogP contribution in [0, 0.1) is 17.5 Å². The molecule has 0 N–H and O–H groups in total. The number of morpholine rings is 1. The molecule has 1 atom stereocenters. The topological polar surface area (TPSA) is 29.5 Å². The first-order chi connectivity index (χ1) is 9.02. The van der Waals surface area contributed by atoms with Crippen LogP contribution in [0.2, 0.25) is 0 Å². The third-order valence-corrected chi connectivity index (χ3v) is 3.16. The first-order valence-corrected chi connectivity index (χ1v) is 6.17. The van der Waals surface area contributed by atoms with Crippen molar-refractivity contribution >= 4 is 17.5 Å². The Bertz CT molecular complexity index is 475. The van der Waals surface area contributed by atoms with Crippen LogP contribution in [0.1, 0.15) is 10.4 Å². The van der Waals surface area contributed by atoms with Gasteiger partial charge in [-0.3, -0.25) is 4.79 Å². The van der Waals surface area contributed by atoms with Crippen LogP contribution in [0.3, 0.4) is 0 Å². The van der Waals surface area contributed by atoms with Crippen molar-refractivity contribution in [2.24, 2.45) is 0 Å². The minimum Gasteiger partial charge on any atom is -0.373 e. The van der Waals surface area contributed by atoms with E-state index in [0.29, 0.717) is 12.1 Å². The van der Waals surface area contributed by atoms with E-state index in [1.807, 2.05) is 0 Å². The van der Waals surface area contributed by atoms with Crippen molar-refractivity contribution in [3.05, 3.63) is 35.1 Å². The largest absolute Gasteiger partial charge is 0.373 e. The molecule has 1 aliphatic heterocycles. The van der Waals surface area contributed by atoms with Gasteiger partial charge in [0.2, 0.25) is 0 Å². The second-order valence-corrected chi connectivity index (χ2v) is 4.45. The van der Waals surface area contributed by atoms with Crippen LogP contribution in [-0.4, -0.2) is 42.5 Å². The molecule has 1 heterocycles. The SMILES string of the molecule is O=C(c1c(F)cc(F)cc1F)N1CCOC(CCl)C1. The third kappa shape index (κ3) is 3.01. The first-order valence-electron chi connectivity index (χ1n) is 5.64. The summed E-state index contributed by atoms with van der Waals surface area (Å²) in [4.78, 5) is 13.3. The molecule has 0 radical (unpaired) electrons. The number of ether oxygens (including phenoxy) is 1. The van der Waals surface area contributed by atoms with E-state index in [9.17, 15) is 18.0 Å². The van der Waals surface area contributed by atoms with Gasteiger partial charge >= 0.3 is 0 Å². The van der Waals surface area contributed by atoms with Crippen molar-refractivity contribution in [3.63, 3.8) is 0 Å². The lowest BCUT2D eigenvalue weighted by Crippen LogP contribution is -2.46. The van der Waals surface area contributed by atoms with Crippen LogP contribution in [0.15, 0.2) is 12.1 Å². The molecule has 0 aliphatic carbocycles. The fraction of sp³-hybridized carbons (Fsp3) is 0.417. The Balaban J connectivity index is 2.24. The van der Waals surface area contributed by atoms with Gasteiger partial charge in [0.05, 0.1) is 18.6 Å². The first kappa shape index (κ1) is 14.1. The summed E-state index contributed by atoms with van der Waals surface area (Å²) < 4.78 is 45.1.